The lowest BCUT2D eigenvalue weighted by Crippen LogP contribution is -2.31. The van der Waals surface area contributed by atoms with Crippen LogP contribution in [0.4, 0.5) is 5.82 Å². The fraction of sp³-hybridized carbons (Fsp3) is 0.333. The summed E-state index contributed by atoms with van der Waals surface area (Å²) < 4.78 is 12.7. The quantitative estimate of drug-likeness (QED) is 0.741. The van der Waals surface area contributed by atoms with E-state index in [1.165, 1.54) is 11.1 Å². The molecule has 0 radical (unpaired) electrons. The zero-order valence-corrected chi connectivity index (χ0v) is 14.1. The Hall–Kier alpha value is -2.76. The Morgan fingerprint density at radius 2 is 1.79 bits per heavy atom. The van der Waals surface area contributed by atoms with Gasteiger partial charge in [-0.05, 0) is 42.7 Å². The summed E-state index contributed by atoms with van der Waals surface area (Å²) in [5.41, 5.74) is 4.59. The molecule has 3 aromatic rings. The molecule has 1 aromatic carbocycles. The van der Waals surface area contributed by atoms with Crippen LogP contribution in [0.1, 0.15) is 16.8 Å². The van der Waals surface area contributed by atoms with Crippen molar-refractivity contribution in [1.29, 1.82) is 0 Å². The van der Waals surface area contributed by atoms with Gasteiger partial charge in [0.2, 0.25) is 0 Å². The topological polar surface area (TPSA) is 51.9 Å². The SMILES string of the molecule is COc1cc2c(cc1OC)CN(c1nccn3nc(C)cc13)CC2. The van der Waals surface area contributed by atoms with Gasteiger partial charge < -0.3 is 14.4 Å². The number of hydrogen-bond acceptors (Lipinski definition) is 5. The van der Waals surface area contributed by atoms with E-state index in [4.69, 9.17) is 9.47 Å². The summed E-state index contributed by atoms with van der Waals surface area (Å²) >= 11 is 0. The summed E-state index contributed by atoms with van der Waals surface area (Å²) in [5, 5.41) is 4.48. The Kier molecular flexibility index (Phi) is 3.52. The molecule has 0 fully saturated rings. The van der Waals surface area contributed by atoms with E-state index in [0.29, 0.717) is 0 Å². The Bertz CT molecular complexity index is 903. The van der Waals surface area contributed by atoms with Crippen LogP contribution in [0.5, 0.6) is 11.5 Å². The van der Waals surface area contributed by atoms with E-state index in [-0.39, 0.29) is 0 Å². The van der Waals surface area contributed by atoms with E-state index in [1.54, 1.807) is 20.4 Å². The molecular weight excluding hydrogens is 304 g/mol. The minimum Gasteiger partial charge on any atom is -0.493 e. The molecule has 6 nitrogen and oxygen atoms in total. The van der Waals surface area contributed by atoms with Crippen molar-refractivity contribution in [3.8, 4) is 11.5 Å². The van der Waals surface area contributed by atoms with Gasteiger partial charge in [-0.1, -0.05) is 0 Å². The average molecular weight is 324 g/mol. The second-order valence-corrected chi connectivity index (χ2v) is 6.01. The zero-order valence-electron chi connectivity index (χ0n) is 14.1. The van der Waals surface area contributed by atoms with Gasteiger partial charge >= 0.3 is 0 Å². The Balaban J connectivity index is 1.73. The molecule has 0 N–H and O–H groups in total. The van der Waals surface area contributed by atoms with Crippen LogP contribution in [0.2, 0.25) is 0 Å². The lowest BCUT2D eigenvalue weighted by molar-refractivity contribution is 0.353. The highest BCUT2D eigenvalue weighted by Gasteiger charge is 2.22. The van der Waals surface area contributed by atoms with Gasteiger partial charge in [-0.25, -0.2) is 9.50 Å². The highest BCUT2D eigenvalue weighted by molar-refractivity contribution is 5.69. The van der Waals surface area contributed by atoms with E-state index in [2.05, 4.69) is 33.2 Å². The van der Waals surface area contributed by atoms with Crippen LogP contribution < -0.4 is 14.4 Å². The number of aromatic nitrogens is 3. The molecule has 4 rings (SSSR count). The van der Waals surface area contributed by atoms with E-state index >= 15 is 0 Å². The maximum atomic E-state index is 5.44. The molecule has 0 aliphatic carbocycles. The standard InChI is InChI=1S/C18H20N4O2/c1-12-8-15-18(19-5-7-22(15)20-12)21-6-4-13-9-16(23-2)17(24-3)10-14(13)11-21/h5,7-10H,4,6,11H2,1-3H3. The molecule has 2 aromatic heterocycles. The number of benzene rings is 1. The van der Waals surface area contributed by atoms with E-state index < -0.39 is 0 Å². The van der Waals surface area contributed by atoms with E-state index in [0.717, 1.165) is 48.0 Å². The number of anilines is 1. The molecule has 0 amide bonds. The summed E-state index contributed by atoms with van der Waals surface area (Å²) in [6.07, 6.45) is 4.64. The van der Waals surface area contributed by atoms with Crippen molar-refractivity contribution >= 4 is 11.3 Å². The zero-order chi connectivity index (χ0) is 16.7. The average Bonchev–Trinajstić information content (AvgIpc) is 3.00. The molecule has 124 valence electrons. The molecule has 0 unspecified atom stereocenters. The number of fused-ring (bicyclic) bond motifs is 2. The molecule has 6 heteroatoms. The van der Waals surface area contributed by atoms with Gasteiger partial charge in [-0.15, -0.1) is 0 Å². The number of hydrogen-bond donors (Lipinski definition) is 0. The molecule has 1 aliphatic heterocycles. The Labute approximate surface area is 140 Å². The highest BCUT2D eigenvalue weighted by Crippen LogP contribution is 2.34. The largest absolute Gasteiger partial charge is 0.493 e. The second kappa shape index (κ2) is 5.70. The van der Waals surface area contributed by atoms with Crippen molar-refractivity contribution in [2.45, 2.75) is 19.9 Å². The van der Waals surface area contributed by atoms with Crippen molar-refractivity contribution in [2.24, 2.45) is 0 Å². The van der Waals surface area contributed by atoms with E-state index in [9.17, 15) is 0 Å². The third-order valence-electron chi connectivity index (χ3n) is 4.51. The predicted octanol–water partition coefficient (Wildman–Crippen LogP) is 2.62. The summed E-state index contributed by atoms with van der Waals surface area (Å²) in [4.78, 5) is 6.90. The Morgan fingerprint density at radius 1 is 1.04 bits per heavy atom. The first kappa shape index (κ1) is 14.8. The summed E-state index contributed by atoms with van der Waals surface area (Å²) in [6.45, 7) is 3.71. The summed E-state index contributed by atoms with van der Waals surface area (Å²) in [5.74, 6) is 2.53. The number of ether oxygens (including phenoxy) is 2. The lowest BCUT2D eigenvalue weighted by atomic mass is 9.98. The maximum Gasteiger partial charge on any atom is 0.161 e. The van der Waals surface area contributed by atoms with Crippen LogP contribution >= 0.6 is 0 Å². The lowest BCUT2D eigenvalue weighted by Gasteiger charge is -2.30. The van der Waals surface area contributed by atoms with Gasteiger partial charge in [0.1, 0.15) is 5.52 Å². The molecule has 3 heterocycles. The fourth-order valence-electron chi connectivity index (χ4n) is 3.34. The smallest absolute Gasteiger partial charge is 0.161 e. The van der Waals surface area contributed by atoms with Crippen LogP contribution in [0.3, 0.4) is 0 Å². The maximum absolute atomic E-state index is 5.44. The first-order valence-electron chi connectivity index (χ1n) is 7.99. The molecule has 0 atom stereocenters. The molecular formula is C18H20N4O2. The van der Waals surface area contributed by atoms with Crippen molar-refractivity contribution in [3.63, 3.8) is 0 Å². The minimum absolute atomic E-state index is 0.768. The first-order chi connectivity index (χ1) is 11.7. The molecule has 0 spiro atoms. The third-order valence-corrected chi connectivity index (χ3v) is 4.51. The summed E-state index contributed by atoms with van der Waals surface area (Å²) in [7, 11) is 3.34. The predicted molar refractivity (Wildman–Crippen MR) is 92.0 cm³/mol. The normalized spacial score (nSPS) is 13.9. The Morgan fingerprint density at radius 3 is 2.54 bits per heavy atom. The number of rotatable bonds is 3. The van der Waals surface area contributed by atoms with Gasteiger partial charge in [0.25, 0.3) is 0 Å². The third kappa shape index (κ3) is 2.35. The number of methoxy groups -OCH3 is 2. The van der Waals surface area contributed by atoms with Gasteiger partial charge in [-0.2, -0.15) is 5.10 Å². The fourth-order valence-corrected chi connectivity index (χ4v) is 3.34. The van der Waals surface area contributed by atoms with Crippen LogP contribution in [0.15, 0.2) is 30.6 Å². The molecule has 1 aliphatic rings. The molecule has 0 saturated heterocycles. The van der Waals surface area contributed by atoms with Gasteiger partial charge in [0.05, 0.1) is 19.9 Å². The van der Waals surface area contributed by atoms with Crippen LogP contribution in [0, 0.1) is 6.92 Å². The molecule has 0 saturated carbocycles. The minimum atomic E-state index is 0.768. The van der Waals surface area contributed by atoms with Crippen LogP contribution in [-0.4, -0.2) is 35.4 Å². The number of aryl methyl sites for hydroxylation is 1. The first-order valence-corrected chi connectivity index (χ1v) is 7.99. The van der Waals surface area contributed by atoms with Crippen LogP contribution in [-0.2, 0) is 13.0 Å². The molecule has 24 heavy (non-hydrogen) atoms. The van der Waals surface area contributed by atoms with Gasteiger partial charge in [-0.3, -0.25) is 0 Å². The van der Waals surface area contributed by atoms with E-state index in [1.807, 2.05) is 17.6 Å². The van der Waals surface area contributed by atoms with Gasteiger partial charge in [0, 0.05) is 25.5 Å². The van der Waals surface area contributed by atoms with Crippen molar-refractivity contribution in [2.75, 3.05) is 25.7 Å². The van der Waals surface area contributed by atoms with Crippen LogP contribution in [0.25, 0.3) is 5.52 Å². The summed E-state index contributed by atoms with van der Waals surface area (Å²) in [6, 6.07) is 6.23. The monoisotopic (exact) mass is 324 g/mol. The van der Waals surface area contributed by atoms with Crippen molar-refractivity contribution in [3.05, 3.63) is 47.4 Å². The number of nitrogens with zero attached hydrogens (tertiary/aromatic N) is 4. The second-order valence-electron chi connectivity index (χ2n) is 6.01. The molecule has 0 bridgehead atoms. The van der Waals surface area contributed by atoms with Gasteiger partial charge in [0.15, 0.2) is 17.3 Å². The van der Waals surface area contributed by atoms with Crippen molar-refractivity contribution < 1.29 is 9.47 Å². The van der Waals surface area contributed by atoms with Crippen molar-refractivity contribution in [1.82, 2.24) is 14.6 Å². The highest BCUT2D eigenvalue weighted by atomic mass is 16.5.